The summed E-state index contributed by atoms with van der Waals surface area (Å²) in [4.78, 5) is 0. The molecule has 1 aromatic carbocycles. The molecule has 85 valence electrons. The van der Waals surface area contributed by atoms with Crippen molar-refractivity contribution in [1.29, 1.82) is 5.26 Å². The zero-order valence-corrected chi connectivity index (χ0v) is 9.43. The van der Waals surface area contributed by atoms with E-state index in [-0.39, 0.29) is 18.6 Å². The maximum Gasteiger partial charge on any atom is 0.0915 e. The first-order chi connectivity index (χ1) is 7.83. The lowest BCUT2D eigenvalue weighted by Gasteiger charge is -2.23. The van der Waals surface area contributed by atoms with Crippen LogP contribution in [0.1, 0.15) is 24.3 Å². The van der Waals surface area contributed by atoms with Crippen molar-refractivity contribution < 1.29 is 9.84 Å². The summed E-state index contributed by atoms with van der Waals surface area (Å²) in [5.41, 5.74) is 0.988. The Morgan fingerprint density at radius 3 is 2.56 bits per heavy atom. The molecule has 0 saturated carbocycles. The van der Waals surface area contributed by atoms with Gasteiger partial charge in [0.2, 0.25) is 0 Å². The highest BCUT2D eigenvalue weighted by molar-refractivity contribution is 5.20. The molecule has 2 atom stereocenters. The molecule has 3 nitrogen and oxygen atoms in total. The quantitative estimate of drug-likeness (QED) is 0.736. The van der Waals surface area contributed by atoms with E-state index in [0.717, 1.165) is 5.56 Å². The van der Waals surface area contributed by atoms with Crippen LogP contribution in [0.4, 0.5) is 0 Å². The van der Waals surface area contributed by atoms with Crippen LogP contribution in [0.5, 0.6) is 0 Å². The average Bonchev–Trinajstić information content (AvgIpc) is 2.35. The molecule has 0 bridgehead atoms. The number of nitriles is 1. The number of nitrogens with zero attached hydrogens (tertiary/aromatic N) is 1. The highest BCUT2D eigenvalue weighted by Crippen LogP contribution is 2.24. The largest absolute Gasteiger partial charge is 0.381 e. The lowest BCUT2D eigenvalue weighted by atomic mass is 9.91. The Labute approximate surface area is 96.3 Å². The van der Waals surface area contributed by atoms with E-state index >= 15 is 0 Å². The standard InChI is InChI=1S/C13H16NO2/c1-16-13(8-5-9-14)12(10-15)11-6-3-2-4-7-11/h2-4,6-7,12-13H,5,8,10H2,1H3. The third-order valence-electron chi connectivity index (χ3n) is 2.70. The second kappa shape index (κ2) is 7.00. The van der Waals surface area contributed by atoms with Crippen molar-refractivity contribution in [3.05, 3.63) is 35.9 Å². The van der Waals surface area contributed by atoms with Crippen molar-refractivity contribution >= 4 is 0 Å². The Morgan fingerprint density at radius 1 is 1.38 bits per heavy atom. The second-order valence-electron chi connectivity index (χ2n) is 3.65. The monoisotopic (exact) mass is 218 g/mol. The Bertz CT molecular complexity index is 332. The highest BCUT2D eigenvalue weighted by Gasteiger charge is 2.22. The summed E-state index contributed by atoms with van der Waals surface area (Å²) in [5, 5.41) is 19.8. The molecule has 0 saturated heterocycles. The van der Waals surface area contributed by atoms with Gasteiger partial charge in [-0.25, -0.2) is 5.11 Å². The topological polar surface area (TPSA) is 52.9 Å². The molecule has 0 fully saturated rings. The summed E-state index contributed by atoms with van der Waals surface area (Å²) in [6, 6.07) is 11.7. The van der Waals surface area contributed by atoms with Crippen molar-refractivity contribution in [3.63, 3.8) is 0 Å². The molecule has 2 unspecified atom stereocenters. The van der Waals surface area contributed by atoms with Crippen LogP contribution in [0, 0.1) is 11.3 Å². The third kappa shape index (κ3) is 3.34. The molecule has 1 rings (SSSR count). The SMILES string of the molecule is COC(CCC#N)C(C[O])c1ccccc1. The number of hydrogen-bond donors (Lipinski definition) is 0. The predicted molar refractivity (Wildman–Crippen MR) is 60.4 cm³/mol. The summed E-state index contributed by atoms with van der Waals surface area (Å²) in [7, 11) is 1.59. The van der Waals surface area contributed by atoms with E-state index < -0.39 is 0 Å². The van der Waals surface area contributed by atoms with Gasteiger partial charge in [0.15, 0.2) is 0 Å². The van der Waals surface area contributed by atoms with Crippen LogP contribution in [0.25, 0.3) is 0 Å². The maximum atomic E-state index is 11.2. The third-order valence-corrected chi connectivity index (χ3v) is 2.70. The van der Waals surface area contributed by atoms with Crippen molar-refractivity contribution in [2.75, 3.05) is 13.7 Å². The van der Waals surface area contributed by atoms with Gasteiger partial charge in [-0.05, 0) is 12.0 Å². The Kier molecular flexibility index (Phi) is 5.55. The molecule has 0 aliphatic heterocycles. The molecule has 1 radical (unpaired) electrons. The minimum Gasteiger partial charge on any atom is -0.381 e. The molecular weight excluding hydrogens is 202 g/mol. The van der Waals surface area contributed by atoms with Crippen LogP contribution in [0.15, 0.2) is 30.3 Å². The van der Waals surface area contributed by atoms with Gasteiger partial charge in [0, 0.05) is 19.4 Å². The van der Waals surface area contributed by atoms with Crippen molar-refractivity contribution in [1.82, 2.24) is 0 Å². The van der Waals surface area contributed by atoms with Gasteiger partial charge in [-0.2, -0.15) is 5.26 Å². The minimum atomic E-state index is -0.214. The summed E-state index contributed by atoms with van der Waals surface area (Å²) in [6.45, 7) is -0.214. The normalized spacial score (nSPS) is 14.1. The first kappa shape index (κ1) is 12.7. The number of methoxy groups -OCH3 is 1. The Balaban J connectivity index is 2.76. The van der Waals surface area contributed by atoms with Gasteiger partial charge in [0.05, 0.1) is 18.8 Å². The number of benzene rings is 1. The first-order valence-electron chi connectivity index (χ1n) is 5.36. The molecule has 3 heteroatoms. The van der Waals surface area contributed by atoms with Gasteiger partial charge in [0.1, 0.15) is 0 Å². The van der Waals surface area contributed by atoms with Crippen molar-refractivity contribution in [2.45, 2.75) is 24.9 Å². The average molecular weight is 218 g/mol. The van der Waals surface area contributed by atoms with E-state index in [9.17, 15) is 5.11 Å². The van der Waals surface area contributed by atoms with Crippen LogP contribution in [0.2, 0.25) is 0 Å². The Morgan fingerprint density at radius 2 is 2.06 bits per heavy atom. The second-order valence-corrected chi connectivity index (χ2v) is 3.65. The molecule has 1 aromatic rings. The lowest BCUT2D eigenvalue weighted by molar-refractivity contribution is 0.0368. The van der Waals surface area contributed by atoms with E-state index in [0.29, 0.717) is 12.8 Å². The molecule has 0 aliphatic rings. The lowest BCUT2D eigenvalue weighted by Crippen LogP contribution is -2.23. The van der Waals surface area contributed by atoms with Crippen LogP contribution < -0.4 is 0 Å². The molecule has 0 spiro atoms. The van der Waals surface area contributed by atoms with Gasteiger partial charge >= 0.3 is 0 Å². The van der Waals surface area contributed by atoms with Crippen LogP contribution >= 0.6 is 0 Å². The summed E-state index contributed by atoms with van der Waals surface area (Å²) in [5.74, 6) is -0.167. The number of ether oxygens (including phenoxy) is 1. The fourth-order valence-electron chi connectivity index (χ4n) is 1.81. The molecule has 16 heavy (non-hydrogen) atoms. The van der Waals surface area contributed by atoms with Gasteiger partial charge in [-0.15, -0.1) is 0 Å². The fraction of sp³-hybridized carbons (Fsp3) is 0.462. The van der Waals surface area contributed by atoms with Crippen LogP contribution in [-0.4, -0.2) is 19.8 Å². The number of hydrogen-bond acceptors (Lipinski definition) is 2. The smallest absolute Gasteiger partial charge is 0.0915 e. The zero-order valence-electron chi connectivity index (χ0n) is 9.43. The van der Waals surface area contributed by atoms with E-state index in [2.05, 4.69) is 6.07 Å². The minimum absolute atomic E-state index is 0.167. The van der Waals surface area contributed by atoms with E-state index in [4.69, 9.17) is 10.00 Å². The van der Waals surface area contributed by atoms with E-state index in [1.165, 1.54) is 0 Å². The molecule has 0 amide bonds. The van der Waals surface area contributed by atoms with Crippen molar-refractivity contribution in [3.8, 4) is 6.07 Å². The van der Waals surface area contributed by atoms with Gasteiger partial charge in [0.25, 0.3) is 0 Å². The molecule has 0 N–H and O–H groups in total. The van der Waals surface area contributed by atoms with Gasteiger partial charge < -0.3 is 4.74 Å². The molecule has 0 aromatic heterocycles. The van der Waals surface area contributed by atoms with E-state index in [1.807, 2.05) is 30.3 Å². The number of rotatable bonds is 6. The predicted octanol–water partition coefficient (Wildman–Crippen LogP) is 2.52. The first-order valence-corrected chi connectivity index (χ1v) is 5.36. The van der Waals surface area contributed by atoms with Crippen LogP contribution in [0.3, 0.4) is 0 Å². The van der Waals surface area contributed by atoms with Crippen molar-refractivity contribution in [2.24, 2.45) is 0 Å². The van der Waals surface area contributed by atoms with E-state index in [1.54, 1.807) is 7.11 Å². The summed E-state index contributed by atoms with van der Waals surface area (Å²) in [6.07, 6.45) is 0.857. The summed E-state index contributed by atoms with van der Waals surface area (Å²) < 4.78 is 5.31. The highest BCUT2D eigenvalue weighted by atomic mass is 16.5. The molecular formula is C13H16NO2. The zero-order chi connectivity index (χ0) is 11.8. The van der Waals surface area contributed by atoms with Gasteiger partial charge in [-0.3, -0.25) is 0 Å². The molecule has 0 heterocycles. The summed E-state index contributed by atoms with van der Waals surface area (Å²) >= 11 is 0. The maximum absolute atomic E-state index is 11.2. The Hall–Kier alpha value is -1.37. The van der Waals surface area contributed by atoms with Gasteiger partial charge in [-0.1, -0.05) is 30.3 Å². The fourth-order valence-corrected chi connectivity index (χ4v) is 1.81. The van der Waals surface area contributed by atoms with Crippen LogP contribution in [-0.2, 0) is 9.84 Å². The molecule has 0 aliphatic carbocycles.